The van der Waals surface area contributed by atoms with Crippen molar-refractivity contribution in [3.05, 3.63) is 35.4 Å². The van der Waals surface area contributed by atoms with Crippen molar-refractivity contribution in [1.82, 2.24) is 16.0 Å². The van der Waals surface area contributed by atoms with Gasteiger partial charge in [-0.15, -0.1) is 0 Å². The summed E-state index contributed by atoms with van der Waals surface area (Å²) in [7, 11) is 0. The summed E-state index contributed by atoms with van der Waals surface area (Å²) in [4.78, 5) is 46.6. The molecule has 1 aromatic carbocycles. The maximum atomic E-state index is 12.0. The first-order chi connectivity index (χ1) is 12.1. The molecule has 0 spiro atoms. The van der Waals surface area contributed by atoms with Gasteiger partial charge >= 0.3 is 12.0 Å². The number of ether oxygens (including phenoxy) is 1. The molecular formula is C18H25N3O5. The number of hydrogen-bond donors (Lipinski definition) is 3. The number of carbonyl (C=O) groups is 4. The second-order valence-electron chi connectivity index (χ2n) is 6.73. The van der Waals surface area contributed by atoms with Gasteiger partial charge in [-0.2, -0.15) is 0 Å². The van der Waals surface area contributed by atoms with Crippen LogP contribution in [0, 0.1) is 6.92 Å². The Labute approximate surface area is 152 Å². The van der Waals surface area contributed by atoms with Gasteiger partial charge in [0.1, 0.15) is 0 Å². The van der Waals surface area contributed by atoms with Crippen LogP contribution in [-0.4, -0.2) is 42.5 Å². The van der Waals surface area contributed by atoms with Crippen LogP contribution in [0.15, 0.2) is 24.3 Å². The third kappa shape index (κ3) is 8.27. The summed E-state index contributed by atoms with van der Waals surface area (Å²) in [5.74, 6) is -1.67. The standard InChI is InChI=1S/C18H25N3O5/c1-12-7-5-6-8-13(12)16(24)19-10-9-15(23)26-11-14(22)20-17(25)21-18(2,3)4/h5-8H,9-11H2,1-4H3,(H,19,24)(H2,20,21,22,25). The summed E-state index contributed by atoms with van der Waals surface area (Å²) in [5, 5.41) is 7.22. The highest BCUT2D eigenvalue weighted by Crippen LogP contribution is 2.06. The molecule has 1 rings (SSSR count). The van der Waals surface area contributed by atoms with Gasteiger partial charge in [0.05, 0.1) is 6.42 Å². The lowest BCUT2D eigenvalue weighted by Gasteiger charge is -2.20. The highest BCUT2D eigenvalue weighted by Gasteiger charge is 2.16. The average Bonchev–Trinajstić information content (AvgIpc) is 2.51. The Morgan fingerprint density at radius 2 is 1.73 bits per heavy atom. The van der Waals surface area contributed by atoms with Crippen molar-refractivity contribution in [1.29, 1.82) is 0 Å². The molecule has 1 aromatic rings. The number of nitrogens with one attached hydrogen (secondary N) is 3. The van der Waals surface area contributed by atoms with E-state index in [0.717, 1.165) is 5.56 Å². The van der Waals surface area contributed by atoms with Crippen molar-refractivity contribution in [2.75, 3.05) is 13.2 Å². The summed E-state index contributed by atoms with van der Waals surface area (Å²) in [6, 6.07) is 6.43. The molecule has 0 fully saturated rings. The molecule has 0 atom stereocenters. The van der Waals surface area contributed by atoms with E-state index in [9.17, 15) is 19.2 Å². The Kier molecular flexibility index (Phi) is 7.77. The van der Waals surface area contributed by atoms with E-state index in [1.54, 1.807) is 32.9 Å². The summed E-state index contributed by atoms with van der Waals surface area (Å²) in [6.07, 6.45) is -0.0842. The van der Waals surface area contributed by atoms with Gasteiger partial charge in [0.15, 0.2) is 6.61 Å². The highest BCUT2D eigenvalue weighted by atomic mass is 16.5. The van der Waals surface area contributed by atoms with Crippen LogP contribution in [0.4, 0.5) is 4.79 Å². The van der Waals surface area contributed by atoms with Crippen molar-refractivity contribution in [2.24, 2.45) is 0 Å². The minimum absolute atomic E-state index is 0.0815. The number of esters is 1. The Hall–Kier alpha value is -2.90. The zero-order chi connectivity index (χ0) is 19.7. The van der Waals surface area contributed by atoms with Gasteiger partial charge in [0.2, 0.25) is 0 Å². The fourth-order valence-electron chi connectivity index (χ4n) is 1.95. The smallest absolute Gasteiger partial charge is 0.321 e. The van der Waals surface area contributed by atoms with Crippen molar-refractivity contribution < 1.29 is 23.9 Å². The molecule has 0 heterocycles. The van der Waals surface area contributed by atoms with Crippen LogP contribution in [0.2, 0.25) is 0 Å². The van der Waals surface area contributed by atoms with Gasteiger partial charge in [-0.1, -0.05) is 18.2 Å². The predicted molar refractivity (Wildman–Crippen MR) is 95.5 cm³/mol. The number of imide groups is 1. The molecule has 0 aliphatic rings. The third-order valence-electron chi connectivity index (χ3n) is 3.11. The lowest BCUT2D eigenvalue weighted by molar-refractivity contribution is -0.148. The fourth-order valence-corrected chi connectivity index (χ4v) is 1.95. The van der Waals surface area contributed by atoms with Crippen LogP contribution >= 0.6 is 0 Å². The molecule has 26 heavy (non-hydrogen) atoms. The van der Waals surface area contributed by atoms with E-state index in [1.165, 1.54) is 0 Å². The van der Waals surface area contributed by atoms with Crippen molar-refractivity contribution >= 4 is 23.8 Å². The molecule has 4 amide bonds. The largest absolute Gasteiger partial charge is 0.456 e. The predicted octanol–water partition coefficient (Wildman–Crippen LogP) is 1.28. The molecule has 0 saturated carbocycles. The molecule has 3 N–H and O–H groups in total. The number of aryl methyl sites for hydroxylation is 1. The second kappa shape index (κ2) is 9.55. The van der Waals surface area contributed by atoms with Crippen LogP contribution in [0.5, 0.6) is 0 Å². The first-order valence-electron chi connectivity index (χ1n) is 8.20. The van der Waals surface area contributed by atoms with Crippen LogP contribution in [0.3, 0.4) is 0 Å². The summed E-state index contributed by atoms with van der Waals surface area (Å²) < 4.78 is 4.76. The number of urea groups is 1. The molecule has 0 saturated heterocycles. The van der Waals surface area contributed by atoms with E-state index in [0.29, 0.717) is 5.56 Å². The van der Waals surface area contributed by atoms with Gasteiger partial charge in [0, 0.05) is 17.6 Å². The van der Waals surface area contributed by atoms with E-state index >= 15 is 0 Å². The number of rotatable bonds is 6. The molecule has 0 aliphatic heterocycles. The third-order valence-corrected chi connectivity index (χ3v) is 3.11. The van der Waals surface area contributed by atoms with Crippen LogP contribution < -0.4 is 16.0 Å². The van der Waals surface area contributed by atoms with Crippen molar-refractivity contribution in [3.63, 3.8) is 0 Å². The van der Waals surface area contributed by atoms with Crippen molar-refractivity contribution in [2.45, 2.75) is 39.7 Å². The van der Waals surface area contributed by atoms with Gasteiger partial charge in [0.25, 0.3) is 11.8 Å². The van der Waals surface area contributed by atoms with E-state index in [1.807, 2.05) is 19.1 Å². The Bertz CT molecular complexity index is 680. The molecule has 8 nitrogen and oxygen atoms in total. The zero-order valence-corrected chi connectivity index (χ0v) is 15.5. The van der Waals surface area contributed by atoms with Crippen LogP contribution in [-0.2, 0) is 14.3 Å². The number of benzene rings is 1. The van der Waals surface area contributed by atoms with E-state index < -0.39 is 30.1 Å². The number of hydrogen-bond acceptors (Lipinski definition) is 5. The summed E-state index contributed by atoms with van der Waals surface area (Å²) in [6.45, 7) is 6.63. The highest BCUT2D eigenvalue weighted by molar-refractivity contribution is 5.96. The molecule has 0 unspecified atom stereocenters. The monoisotopic (exact) mass is 363 g/mol. The average molecular weight is 363 g/mol. The molecule has 0 radical (unpaired) electrons. The molecule has 0 aliphatic carbocycles. The minimum atomic E-state index is -0.732. The molecule has 142 valence electrons. The van der Waals surface area contributed by atoms with Gasteiger partial charge in [-0.05, 0) is 39.3 Å². The second-order valence-corrected chi connectivity index (χ2v) is 6.73. The SMILES string of the molecule is Cc1ccccc1C(=O)NCCC(=O)OCC(=O)NC(=O)NC(C)(C)C. The summed E-state index contributed by atoms with van der Waals surface area (Å²) >= 11 is 0. The molecule has 0 aromatic heterocycles. The van der Waals surface area contributed by atoms with Crippen LogP contribution in [0.1, 0.15) is 43.1 Å². The Morgan fingerprint density at radius 1 is 1.08 bits per heavy atom. The number of amides is 4. The molecule has 8 heteroatoms. The molecular weight excluding hydrogens is 338 g/mol. The maximum absolute atomic E-state index is 12.0. The quantitative estimate of drug-likeness (QED) is 0.659. The Morgan fingerprint density at radius 3 is 2.35 bits per heavy atom. The van der Waals surface area contributed by atoms with E-state index in [-0.39, 0.29) is 18.9 Å². The number of carbonyl (C=O) groups excluding carboxylic acids is 4. The van der Waals surface area contributed by atoms with Gasteiger partial charge in [-0.25, -0.2) is 4.79 Å². The fraction of sp³-hybridized carbons (Fsp3) is 0.444. The van der Waals surface area contributed by atoms with Crippen LogP contribution in [0.25, 0.3) is 0 Å². The first kappa shape index (κ1) is 21.1. The Balaban J connectivity index is 2.26. The topological polar surface area (TPSA) is 114 Å². The maximum Gasteiger partial charge on any atom is 0.321 e. The summed E-state index contributed by atoms with van der Waals surface area (Å²) in [5.41, 5.74) is 0.874. The lowest BCUT2D eigenvalue weighted by Crippen LogP contribution is -2.49. The van der Waals surface area contributed by atoms with E-state index in [2.05, 4.69) is 16.0 Å². The minimum Gasteiger partial charge on any atom is -0.456 e. The van der Waals surface area contributed by atoms with Gasteiger partial charge < -0.3 is 15.4 Å². The normalized spacial score (nSPS) is 10.6. The molecule has 0 bridgehead atoms. The first-order valence-corrected chi connectivity index (χ1v) is 8.20. The lowest BCUT2D eigenvalue weighted by atomic mass is 10.1. The zero-order valence-electron chi connectivity index (χ0n) is 15.5. The van der Waals surface area contributed by atoms with Crippen molar-refractivity contribution in [3.8, 4) is 0 Å². The van der Waals surface area contributed by atoms with Gasteiger partial charge in [-0.3, -0.25) is 19.7 Å². The van der Waals surface area contributed by atoms with E-state index in [4.69, 9.17) is 4.74 Å².